The van der Waals surface area contributed by atoms with E-state index in [0.717, 1.165) is 16.0 Å². The van der Waals surface area contributed by atoms with Crippen molar-refractivity contribution < 1.29 is 0 Å². The second kappa shape index (κ2) is 5.61. The van der Waals surface area contributed by atoms with Gasteiger partial charge in [0.2, 0.25) is 0 Å². The molecule has 2 nitrogen and oxygen atoms in total. The average molecular weight is 275 g/mol. The van der Waals surface area contributed by atoms with Crippen LogP contribution < -0.4 is 4.90 Å². The van der Waals surface area contributed by atoms with Crippen molar-refractivity contribution in [2.24, 2.45) is 0 Å². The van der Waals surface area contributed by atoms with Gasteiger partial charge in [0.05, 0.1) is 0 Å². The lowest BCUT2D eigenvalue weighted by Crippen LogP contribution is -2.31. The molecule has 1 atom stereocenters. The van der Waals surface area contributed by atoms with Gasteiger partial charge in [-0.2, -0.15) is 11.8 Å². The average Bonchev–Trinajstić information content (AvgIpc) is 2.18. The van der Waals surface area contributed by atoms with Gasteiger partial charge in [0, 0.05) is 29.5 Å². The van der Waals surface area contributed by atoms with Crippen molar-refractivity contribution in [3.63, 3.8) is 0 Å². The van der Waals surface area contributed by atoms with Crippen LogP contribution in [0.4, 0.5) is 5.82 Å². The summed E-state index contributed by atoms with van der Waals surface area (Å²) < 4.78 is 1.02. The smallest absolute Gasteiger partial charge is 0.128 e. The van der Waals surface area contributed by atoms with E-state index in [0.29, 0.717) is 6.04 Å². The molecule has 1 aromatic rings. The zero-order valence-corrected chi connectivity index (χ0v) is 11.1. The minimum Gasteiger partial charge on any atom is -0.356 e. The van der Waals surface area contributed by atoms with E-state index >= 15 is 0 Å². The van der Waals surface area contributed by atoms with Crippen molar-refractivity contribution in [3.05, 3.63) is 22.8 Å². The quantitative estimate of drug-likeness (QED) is 0.840. The molecule has 1 rings (SSSR count). The van der Waals surface area contributed by atoms with Crippen LogP contribution in [0, 0.1) is 0 Å². The van der Waals surface area contributed by atoms with Crippen LogP contribution in [0.3, 0.4) is 0 Å². The molecule has 1 aromatic heterocycles. The first-order valence-electron chi connectivity index (χ1n) is 4.48. The Bertz CT molecular complexity index is 276. The summed E-state index contributed by atoms with van der Waals surface area (Å²) in [6, 6.07) is 4.56. The molecule has 0 spiro atoms. The molecule has 0 saturated carbocycles. The van der Waals surface area contributed by atoms with Gasteiger partial charge < -0.3 is 4.90 Å². The molecule has 0 aliphatic heterocycles. The van der Waals surface area contributed by atoms with Crippen LogP contribution in [0.15, 0.2) is 22.8 Å². The number of halogens is 1. The van der Waals surface area contributed by atoms with Gasteiger partial charge in [0.15, 0.2) is 0 Å². The third-order valence-electron chi connectivity index (χ3n) is 2.14. The minimum atomic E-state index is 0.513. The summed E-state index contributed by atoms with van der Waals surface area (Å²) >= 11 is 5.23. The molecule has 4 heteroatoms. The highest BCUT2D eigenvalue weighted by molar-refractivity contribution is 9.10. The zero-order valence-electron chi connectivity index (χ0n) is 8.70. The molecule has 0 amide bonds. The second-order valence-corrected chi connectivity index (χ2v) is 5.08. The molecule has 0 saturated heterocycles. The lowest BCUT2D eigenvalue weighted by molar-refractivity contribution is 0.753. The van der Waals surface area contributed by atoms with E-state index in [4.69, 9.17) is 0 Å². The van der Waals surface area contributed by atoms with Gasteiger partial charge in [-0.05, 0) is 41.2 Å². The van der Waals surface area contributed by atoms with Gasteiger partial charge >= 0.3 is 0 Å². The first-order chi connectivity index (χ1) is 6.65. The fraction of sp³-hybridized carbons (Fsp3) is 0.500. The van der Waals surface area contributed by atoms with Crippen LogP contribution in [0.5, 0.6) is 0 Å². The van der Waals surface area contributed by atoms with Crippen LogP contribution in [0.25, 0.3) is 0 Å². The predicted molar refractivity (Wildman–Crippen MR) is 68.2 cm³/mol. The van der Waals surface area contributed by atoms with Crippen molar-refractivity contribution in [3.8, 4) is 0 Å². The number of nitrogens with zero attached hydrogens (tertiary/aromatic N) is 2. The van der Waals surface area contributed by atoms with E-state index in [9.17, 15) is 0 Å². The maximum atomic E-state index is 4.35. The van der Waals surface area contributed by atoms with E-state index in [1.165, 1.54) is 0 Å². The molecule has 78 valence electrons. The largest absolute Gasteiger partial charge is 0.356 e. The first kappa shape index (κ1) is 11.9. The topological polar surface area (TPSA) is 16.1 Å². The second-order valence-electron chi connectivity index (χ2n) is 3.25. The third kappa shape index (κ3) is 3.17. The SMILES string of the molecule is CSCC(C)N(C)c1ccc(Br)cn1. The molecule has 0 radical (unpaired) electrons. The Morgan fingerprint density at radius 3 is 2.79 bits per heavy atom. The normalized spacial score (nSPS) is 12.6. The van der Waals surface area contributed by atoms with Crippen molar-refractivity contribution in [1.82, 2.24) is 4.98 Å². The van der Waals surface area contributed by atoms with E-state index in [1.807, 2.05) is 30.1 Å². The summed E-state index contributed by atoms with van der Waals surface area (Å²) in [5.41, 5.74) is 0. The number of hydrogen-bond donors (Lipinski definition) is 0. The Labute approximate surface area is 98.2 Å². The van der Waals surface area contributed by atoms with Gasteiger partial charge in [-0.15, -0.1) is 0 Å². The molecule has 0 aliphatic carbocycles. The molecule has 0 fully saturated rings. The Morgan fingerprint density at radius 2 is 2.29 bits per heavy atom. The van der Waals surface area contributed by atoms with Gasteiger partial charge in [-0.3, -0.25) is 0 Å². The summed E-state index contributed by atoms with van der Waals surface area (Å²) in [5.74, 6) is 2.14. The predicted octanol–water partition coefficient (Wildman–Crippen LogP) is 3.03. The summed E-state index contributed by atoms with van der Waals surface area (Å²) in [4.78, 5) is 6.55. The summed E-state index contributed by atoms with van der Waals surface area (Å²) in [6.45, 7) is 2.21. The van der Waals surface area contributed by atoms with Gasteiger partial charge in [-0.1, -0.05) is 0 Å². The molecule has 1 unspecified atom stereocenters. The Morgan fingerprint density at radius 1 is 1.57 bits per heavy atom. The number of pyridine rings is 1. The molecule has 0 N–H and O–H groups in total. The summed E-state index contributed by atoms with van der Waals surface area (Å²) in [6.07, 6.45) is 3.96. The van der Waals surface area contributed by atoms with Crippen LogP contribution in [-0.4, -0.2) is 30.1 Å². The fourth-order valence-electron chi connectivity index (χ4n) is 1.16. The van der Waals surface area contributed by atoms with E-state index in [-0.39, 0.29) is 0 Å². The highest BCUT2D eigenvalue weighted by Gasteiger charge is 2.09. The standard InChI is InChI=1S/C10H15BrN2S/c1-8(7-14-3)13(2)10-5-4-9(11)6-12-10/h4-6,8H,7H2,1-3H3. The van der Waals surface area contributed by atoms with Crippen LogP contribution >= 0.6 is 27.7 Å². The summed E-state index contributed by atoms with van der Waals surface area (Å²) in [5, 5.41) is 0. The van der Waals surface area contributed by atoms with E-state index in [2.05, 4.69) is 46.0 Å². The van der Waals surface area contributed by atoms with E-state index < -0.39 is 0 Å². The lowest BCUT2D eigenvalue weighted by Gasteiger charge is -2.25. The van der Waals surface area contributed by atoms with Crippen molar-refractivity contribution >= 4 is 33.5 Å². The van der Waals surface area contributed by atoms with E-state index in [1.54, 1.807) is 0 Å². The Kier molecular flexibility index (Phi) is 4.75. The lowest BCUT2D eigenvalue weighted by atomic mass is 10.3. The minimum absolute atomic E-state index is 0.513. The molecule has 0 aromatic carbocycles. The first-order valence-corrected chi connectivity index (χ1v) is 6.67. The maximum absolute atomic E-state index is 4.35. The number of aromatic nitrogens is 1. The fourth-order valence-corrected chi connectivity index (χ4v) is 2.10. The number of rotatable bonds is 4. The third-order valence-corrected chi connectivity index (χ3v) is 3.43. The zero-order chi connectivity index (χ0) is 10.6. The molecule has 0 bridgehead atoms. The van der Waals surface area contributed by atoms with Gasteiger partial charge in [0.1, 0.15) is 5.82 Å². The number of hydrogen-bond acceptors (Lipinski definition) is 3. The molecule has 0 aliphatic rings. The molecular weight excluding hydrogens is 260 g/mol. The van der Waals surface area contributed by atoms with Crippen LogP contribution in [0.2, 0.25) is 0 Å². The van der Waals surface area contributed by atoms with Crippen LogP contribution in [-0.2, 0) is 0 Å². The highest BCUT2D eigenvalue weighted by Crippen LogP contribution is 2.16. The van der Waals surface area contributed by atoms with Crippen LogP contribution in [0.1, 0.15) is 6.92 Å². The maximum Gasteiger partial charge on any atom is 0.128 e. The molecule has 14 heavy (non-hydrogen) atoms. The van der Waals surface area contributed by atoms with Gasteiger partial charge in [0.25, 0.3) is 0 Å². The van der Waals surface area contributed by atoms with Crippen molar-refractivity contribution in [2.45, 2.75) is 13.0 Å². The number of thioether (sulfide) groups is 1. The summed E-state index contributed by atoms with van der Waals surface area (Å²) in [7, 11) is 2.08. The Hall–Kier alpha value is -0.220. The van der Waals surface area contributed by atoms with Crippen molar-refractivity contribution in [2.75, 3.05) is 24.0 Å². The monoisotopic (exact) mass is 274 g/mol. The Balaban J connectivity index is 2.68. The van der Waals surface area contributed by atoms with Crippen molar-refractivity contribution in [1.29, 1.82) is 0 Å². The molecule has 1 heterocycles. The molecular formula is C10H15BrN2S. The highest BCUT2D eigenvalue weighted by atomic mass is 79.9. The number of anilines is 1. The van der Waals surface area contributed by atoms with Gasteiger partial charge in [-0.25, -0.2) is 4.98 Å².